The SMILES string of the molecule is COc1ccc(C2=C(SCc3ccco3)C(=O)N(c3ccccc3Cl)C2=O)cc1. The van der Waals surface area contributed by atoms with Gasteiger partial charge in [-0.05, 0) is 42.0 Å². The molecule has 4 rings (SSSR count). The van der Waals surface area contributed by atoms with Crippen molar-refractivity contribution in [1.82, 2.24) is 0 Å². The number of imide groups is 1. The average molecular weight is 426 g/mol. The number of nitrogens with zero attached hydrogens (tertiary/aromatic N) is 1. The second-order valence-electron chi connectivity index (χ2n) is 6.20. The van der Waals surface area contributed by atoms with E-state index >= 15 is 0 Å². The predicted molar refractivity (Wildman–Crippen MR) is 114 cm³/mol. The fourth-order valence-corrected chi connectivity index (χ4v) is 4.28. The lowest BCUT2D eigenvalue weighted by atomic mass is 10.1. The molecule has 3 aromatic rings. The van der Waals surface area contributed by atoms with Gasteiger partial charge in [0.25, 0.3) is 11.8 Å². The zero-order chi connectivity index (χ0) is 20.4. The largest absolute Gasteiger partial charge is 0.497 e. The van der Waals surface area contributed by atoms with E-state index in [2.05, 4.69) is 0 Å². The fourth-order valence-electron chi connectivity index (χ4n) is 3.05. The normalized spacial score (nSPS) is 14.1. The molecule has 0 saturated heterocycles. The number of halogens is 1. The summed E-state index contributed by atoms with van der Waals surface area (Å²) in [6.45, 7) is 0. The van der Waals surface area contributed by atoms with Crippen LogP contribution in [0, 0.1) is 0 Å². The summed E-state index contributed by atoms with van der Waals surface area (Å²) in [4.78, 5) is 28.1. The Morgan fingerprint density at radius 3 is 2.41 bits per heavy atom. The highest BCUT2D eigenvalue weighted by Crippen LogP contribution is 2.41. The van der Waals surface area contributed by atoms with Crippen LogP contribution in [0.1, 0.15) is 11.3 Å². The number of amides is 2. The maximum absolute atomic E-state index is 13.3. The Balaban J connectivity index is 1.76. The average Bonchev–Trinajstić information content (AvgIpc) is 3.33. The molecule has 29 heavy (non-hydrogen) atoms. The standard InChI is InChI=1S/C22H16ClNO4S/c1-27-15-10-8-14(9-11-15)19-20(29-13-16-5-4-12-28-16)22(26)24(21(19)25)18-7-3-2-6-17(18)23/h2-12H,13H2,1H3. The third kappa shape index (κ3) is 3.69. The maximum Gasteiger partial charge on any atom is 0.272 e. The minimum atomic E-state index is -0.407. The van der Waals surface area contributed by atoms with Gasteiger partial charge in [-0.3, -0.25) is 9.59 Å². The molecule has 1 aliphatic heterocycles. The molecule has 1 aliphatic rings. The van der Waals surface area contributed by atoms with Crippen LogP contribution in [0.5, 0.6) is 5.75 Å². The predicted octanol–water partition coefficient (Wildman–Crippen LogP) is 5.16. The quantitative estimate of drug-likeness (QED) is 0.510. The molecule has 2 amide bonds. The number of carbonyl (C=O) groups excluding carboxylic acids is 2. The van der Waals surface area contributed by atoms with Gasteiger partial charge >= 0.3 is 0 Å². The van der Waals surface area contributed by atoms with Crippen LogP contribution in [0.15, 0.2) is 76.2 Å². The summed E-state index contributed by atoms with van der Waals surface area (Å²) in [6, 6.07) is 17.5. The first-order valence-electron chi connectivity index (χ1n) is 8.77. The van der Waals surface area contributed by atoms with Crippen LogP contribution in [0.4, 0.5) is 5.69 Å². The first-order chi connectivity index (χ1) is 14.1. The van der Waals surface area contributed by atoms with Gasteiger partial charge in [0.1, 0.15) is 11.5 Å². The Kier molecular flexibility index (Phi) is 5.47. The van der Waals surface area contributed by atoms with Crippen LogP contribution >= 0.6 is 23.4 Å². The molecule has 0 radical (unpaired) electrons. The summed E-state index contributed by atoms with van der Waals surface area (Å²) < 4.78 is 10.6. The van der Waals surface area contributed by atoms with E-state index in [4.69, 9.17) is 20.8 Å². The molecule has 0 atom stereocenters. The third-order valence-electron chi connectivity index (χ3n) is 4.45. The lowest BCUT2D eigenvalue weighted by molar-refractivity contribution is -0.119. The Morgan fingerprint density at radius 1 is 1.00 bits per heavy atom. The van der Waals surface area contributed by atoms with Gasteiger partial charge in [-0.25, -0.2) is 4.90 Å². The topological polar surface area (TPSA) is 59.8 Å². The summed E-state index contributed by atoms with van der Waals surface area (Å²) in [5, 5.41) is 0.334. The highest BCUT2D eigenvalue weighted by atomic mass is 35.5. The van der Waals surface area contributed by atoms with Crippen molar-refractivity contribution in [3.8, 4) is 5.75 Å². The summed E-state index contributed by atoms with van der Waals surface area (Å²) in [5.41, 5.74) is 1.35. The molecule has 7 heteroatoms. The molecule has 0 spiro atoms. The Bertz CT molecular complexity index is 1090. The molecule has 146 valence electrons. The van der Waals surface area contributed by atoms with E-state index in [9.17, 15) is 9.59 Å². The van der Waals surface area contributed by atoms with Gasteiger partial charge in [-0.1, -0.05) is 35.9 Å². The zero-order valence-electron chi connectivity index (χ0n) is 15.4. The highest BCUT2D eigenvalue weighted by molar-refractivity contribution is 8.03. The first kappa shape index (κ1) is 19.4. The van der Waals surface area contributed by atoms with Crippen molar-refractivity contribution in [3.05, 3.63) is 88.2 Å². The highest BCUT2D eigenvalue weighted by Gasteiger charge is 2.41. The van der Waals surface area contributed by atoms with E-state index < -0.39 is 11.8 Å². The van der Waals surface area contributed by atoms with Crippen molar-refractivity contribution >= 4 is 46.4 Å². The molecule has 0 N–H and O–H groups in total. The van der Waals surface area contributed by atoms with Crippen LogP contribution in [0.3, 0.4) is 0 Å². The van der Waals surface area contributed by atoms with Gasteiger partial charge in [0.2, 0.25) is 0 Å². The van der Waals surface area contributed by atoms with Gasteiger partial charge in [0, 0.05) is 0 Å². The van der Waals surface area contributed by atoms with Crippen molar-refractivity contribution in [3.63, 3.8) is 0 Å². The third-order valence-corrected chi connectivity index (χ3v) is 5.87. The van der Waals surface area contributed by atoms with Crippen molar-refractivity contribution in [2.45, 2.75) is 5.75 Å². The fraction of sp³-hybridized carbons (Fsp3) is 0.0909. The van der Waals surface area contributed by atoms with E-state index in [0.717, 1.165) is 4.90 Å². The number of thioether (sulfide) groups is 1. The van der Waals surface area contributed by atoms with Crippen molar-refractivity contribution in [2.24, 2.45) is 0 Å². The lowest BCUT2D eigenvalue weighted by Crippen LogP contribution is -2.31. The minimum Gasteiger partial charge on any atom is -0.497 e. The number of ether oxygens (including phenoxy) is 1. The molecule has 2 aromatic carbocycles. The van der Waals surface area contributed by atoms with E-state index in [1.165, 1.54) is 11.8 Å². The number of rotatable bonds is 6. The zero-order valence-corrected chi connectivity index (χ0v) is 17.0. The van der Waals surface area contributed by atoms with Crippen LogP contribution in [-0.2, 0) is 15.3 Å². The number of methoxy groups -OCH3 is 1. The number of anilines is 1. The van der Waals surface area contributed by atoms with Gasteiger partial charge < -0.3 is 9.15 Å². The number of hydrogen-bond acceptors (Lipinski definition) is 5. The van der Waals surface area contributed by atoms with Crippen LogP contribution in [-0.4, -0.2) is 18.9 Å². The number of furan rings is 1. The minimum absolute atomic E-state index is 0.334. The Morgan fingerprint density at radius 2 is 1.76 bits per heavy atom. The summed E-state index contributed by atoms with van der Waals surface area (Å²) in [6.07, 6.45) is 1.58. The van der Waals surface area contributed by atoms with Crippen molar-refractivity contribution in [2.75, 3.05) is 12.0 Å². The number of hydrogen-bond donors (Lipinski definition) is 0. The molecule has 5 nitrogen and oxygen atoms in total. The Labute approximate surface area is 176 Å². The molecule has 0 fully saturated rings. The first-order valence-corrected chi connectivity index (χ1v) is 10.1. The number of para-hydroxylation sites is 1. The summed E-state index contributed by atoms with van der Waals surface area (Å²) in [5.74, 6) is 1.00. The smallest absolute Gasteiger partial charge is 0.272 e. The Hall–Kier alpha value is -2.96. The van der Waals surface area contributed by atoms with E-state index in [1.54, 1.807) is 68.0 Å². The molecule has 0 aliphatic carbocycles. The molecule has 2 heterocycles. The van der Waals surface area contributed by atoms with Crippen LogP contribution in [0.2, 0.25) is 5.02 Å². The number of carbonyl (C=O) groups is 2. The molecular formula is C22H16ClNO4S. The molecular weight excluding hydrogens is 410 g/mol. The summed E-state index contributed by atoms with van der Waals surface area (Å²) in [7, 11) is 1.57. The van der Waals surface area contributed by atoms with Gasteiger partial charge in [-0.15, -0.1) is 11.8 Å². The van der Waals surface area contributed by atoms with Crippen LogP contribution < -0.4 is 9.64 Å². The second kappa shape index (κ2) is 8.19. The number of benzene rings is 2. The van der Waals surface area contributed by atoms with Gasteiger partial charge in [-0.2, -0.15) is 0 Å². The van der Waals surface area contributed by atoms with E-state index in [1.807, 2.05) is 6.07 Å². The molecule has 0 bridgehead atoms. The van der Waals surface area contributed by atoms with Gasteiger partial charge in [0.15, 0.2) is 0 Å². The molecule has 1 aromatic heterocycles. The maximum atomic E-state index is 13.3. The van der Waals surface area contributed by atoms with E-state index in [0.29, 0.717) is 44.0 Å². The van der Waals surface area contributed by atoms with Gasteiger partial charge in [0.05, 0.1) is 40.3 Å². The molecule has 0 unspecified atom stereocenters. The summed E-state index contributed by atoms with van der Waals surface area (Å²) >= 11 is 7.54. The lowest BCUT2D eigenvalue weighted by Gasteiger charge is -2.16. The molecule has 0 saturated carbocycles. The van der Waals surface area contributed by atoms with Crippen LogP contribution in [0.25, 0.3) is 5.57 Å². The second-order valence-corrected chi connectivity index (χ2v) is 7.59. The van der Waals surface area contributed by atoms with E-state index in [-0.39, 0.29) is 0 Å². The van der Waals surface area contributed by atoms with Crippen molar-refractivity contribution < 1.29 is 18.7 Å². The monoisotopic (exact) mass is 425 g/mol. The van der Waals surface area contributed by atoms with Crippen molar-refractivity contribution in [1.29, 1.82) is 0 Å².